The molecule has 0 aliphatic carbocycles. The Labute approximate surface area is 98.6 Å². The summed E-state index contributed by atoms with van der Waals surface area (Å²) < 4.78 is 5.23. The van der Waals surface area contributed by atoms with E-state index in [0.29, 0.717) is 6.61 Å². The standard InChI is InChI=1S/C9H15N5O3/c1-13(2)4-3-5-17-8-7(14(15)16)6-11-9(10)12-8/h6H,3-5H2,1-2H3,(H2,10,11,12). The number of nitrogens with zero attached hydrogens (tertiary/aromatic N) is 4. The van der Waals surface area contributed by atoms with Gasteiger partial charge >= 0.3 is 5.69 Å². The van der Waals surface area contributed by atoms with Gasteiger partial charge in [-0.3, -0.25) is 10.1 Å². The minimum Gasteiger partial charge on any atom is -0.473 e. The third-order valence-electron chi connectivity index (χ3n) is 1.94. The van der Waals surface area contributed by atoms with Crippen molar-refractivity contribution in [1.82, 2.24) is 14.9 Å². The van der Waals surface area contributed by atoms with Crippen LogP contribution in [-0.4, -0.2) is 47.0 Å². The lowest BCUT2D eigenvalue weighted by molar-refractivity contribution is -0.386. The summed E-state index contributed by atoms with van der Waals surface area (Å²) in [7, 11) is 3.87. The maximum Gasteiger partial charge on any atom is 0.349 e. The molecule has 0 aromatic carbocycles. The van der Waals surface area contributed by atoms with Gasteiger partial charge in [-0.15, -0.1) is 0 Å². The predicted molar refractivity (Wildman–Crippen MR) is 61.8 cm³/mol. The number of nitrogen functional groups attached to an aromatic ring is 1. The first-order chi connectivity index (χ1) is 8.00. The molecule has 1 rings (SSSR count). The second-order valence-corrected chi connectivity index (χ2v) is 3.68. The Balaban J connectivity index is 2.62. The van der Waals surface area contributed by atoms with E-state index in [-0.39, 0.29) is 17.5 Å². The highest BCUT2D eigenvalue weighted by Crippen LogP contribution is 2.23. The molecule has 0 aliphatic heterocycles. The molecule has 0 aliphatic rings. The fourth-order valence-corrected chi connectivity index (χ4v) is 1.15. The molecular formula is C9H15N5O3. The maximum absolute atomic E-state index is 10.7. The molecule has 8 nitrogen and oxygen atoms in total. The van der Waals surface area contributed by atoms with E-state index in [1.165, 1.54) is 0 Å². The first-order valence-corrected chi connectivity index (χ1v) is 5.05. The average Bonchev–Trinajstić information content (AvgIpc) is 2.23. The van der Waals surface area contributed by atoms with Crippen LogP contribution in [0.2, 0.25) is 0 Å². The van der Waals surface area contributed by atoms with Crippen LogP contribution in [0.1, 0.15) is 6.42 Å². The molecule has 0 radical (unpaired) electrons. The molecule has 2 N–H and O–H groups in total. The Morgan fingerprint density at radius 1 is 1.59 bits per heavy atom. The van der Waals surface area contributed by atoms with E-state index in [2.05, 4.69) is 9.97 Å². The van der Waals surface area contributed by atoms with Crippen molar-refractivity contribution in [2.24, 2.45) is 0 Å². The Morgan fingerprint density at radius 2 is 2.29 bits per heavy atom. The molecule has 0 unspecified atom stereocenters. The van der Waals surface area contributed by atoms with Gasteiger partial charge in [-0.05, 0) is 20.5 Å². The van der Waals surface area contributed by atoms with Crippen molar-refractivity contribution >= 4 is 11.6 Å². The summed E-state index contributed by atoms with van der Waals surface area (Å²) in [6.45, 7) is 1.17. The molecule has 0 fully saturated rings. The quantitative estimate of drug-likeness (QED) is 0.433. The summed E-state index contributed by atoms with van der Waals surface area (Å²) in [6.07, 6.45) is 1.79. The molecule has 94 valence electrons. The maximum atomic E-state index is 10.7. The molecule has 1 aromatic heterocycles. The zero-order valence-corrected chi connectivity index (χ0v) is 9.79. The van der Waals surface area contributed by atoms with Crippen molar-refractivity contribution in [1.29, 1.82) is 0 Å². The van der Waals surface area contributed by atoms with Gasteiger partial charge in [0.05, 0.1) is 11.5 Å². The lowest BCUT2D eigenvalue weighted by atomic mass is 10.4. The number of ether oxygens (including phenoxy) is 1. The van der Waals surface area contributed by atoms with Crippen LogP contribution >= 0.6 is 0 Å². The number of anilines is 1. The zero-order chi connectivity index (χ0) is 12.8. The Kier molecular flexibility index (Phi) is 4.58. The summed E-state index contributed by atoms with van der Waals surface area (Å²) in [4.78, 5) is 19.3. The summed E-state index contributed by atoms with van der Waals surface area (Å²) in [5.41, 5.74) is 5.07. The number of nitro groups is 1. The van der Waals surface area contributed by atoms with Crippen LogP contribution in [-0.2, 0) is 0 Å². The van der Waals surface area contributed by atoms with E-state index in [4.69, 9.17) is 10.5 Å². The van der Waals surface area contributed by atoms with E-state index in [1.54, 1.807) is 0 Å². The normalized spacial score (nSPS) is 10.5. The van der Waals surface area contributed by atoms with Crippen molar-refractivity contribution in [3.63, 3.8) is 0 Å². The van der Waals surface area contributed by atoms with Gasteiger partial charge in [0.1, 0.15) is 6.20 Å². The molecule has 0 atom stereocenters. The second kappa shape index (κ2) is 5.94. The summed E-state index contributed by atoms with van der Waals surface area (Å²) in [6, 6.07) is 0. The molecular weight excluding hydrogens is 226 g/mol. The van der Waals surface area contributed by atoms with Gasteiger partial charge in [0.15, 0.2) is 0 Å². The lowest BCUT2D eigenvalue weighted by Gasteiger charge is -2.09. The minimum atomic E-state index is -0.597. The highest BCUT2D eigenvalue weighted by molar-refractivity contribution is 5.41. The number of nitrogens with two attached hydrogens (primary N) is 1. The topological polar surface area (TPSA) is 107 Å². The largest absolute Gasteiger partial charge is 0.473 e. The molecule has 1 aromatic rings. The van der Waals surface area contributed by atoms with Gasteiger partial charge in [-0.2, -0.15) is 4.98 Å². The number of aromatic nitrogens is 2. The second-order valence-electron chi connectivity index (χ2n) is 3.68. The van der Waals surface area contributed by atoms with Gasteiger partial charge in [0.2, 0.25) is 5.95 Å². The molecule has 17 heavy (non-hydrogen) atoms. The third-order valence-corrected chi connectivity index (χ3v) is 1.94. The van der Waals surface area contributed by atoms with Gasteiger partial charge in [-0.25, -0.2) is 4.98 Å². The Bertz CT molecular complexity index is 396. The van der Waals surface area contributed by atoms with Crippen molar-refractivity contribution < 1.29 is 9.66 Å². The Hall–Kier alpha value is -1.96. The lowest BCUT2D eigenvalue weighted by Crippen LogP contribution is -2.16. The molecule has 0 spiro atoms. The van der Waals surface area contributed by atoms with Crippen LogP contribution in [0.4, 0.5) is 11.6 Å². The van der Waals surface area contributed by atoms with Crippen LogP contribution in [0.15, 0.2) is 6.20 Å². The first kappa shape index (κ1) is 13.1. The molecule has 0 saturated heterocycles. The van der Waals surface area contributed by atoms with E-state index in [1.807, 2.05) is 19.0 Å². The van der Waals surface area contributed by atoms with Gasteiger partial charge < -0.3 is 15.4 Å². The van der Waals surface area contributed by atoms with E-state index < -0.39 is 4.92 Å². The van der Waals surface area contributed by atoms with Gasteiger partial charge in [0.25, 0.3) is 5.88 Å². The van der Waals surface area contributed by atoms with Crippen molar-refractivity contribution in [2.75, 3.05) is 33.0 Å². The fraction of sp³-hybridized carbons (Fsp3) is 0.556. The van der Waals surface area contributed by atoms with Crippen LogP contribution < -0.4 is 10.5 Å². The molecule has 0 saturated carbocycles. The van der Waals surface area contributed by atoms with E-state index >= 15 is 0 Å². The van der Waals surface area contributed by atoms with E-state index in [9.17, 15) is 10.1 Å². The van der Waals surface area contributed by atoms with Crippen LogP contribution in [0.25, 0.3) is 0 Å². The smallest absolute Gasteiger partial charge is 0.349 e. The Morgan fingerprint density at radius 3 is 2.88 bits per heavy atom. The summed E-state index contributed by atoms with van der Waals surface area (Å²) >= 11 is 0. The fourth-order valence-electron chi connectivity index (χ4n) is 1.15. The first-order valence-electron chi connectivity index (χ1n) is 5.05. The average molecular weight is 241 g/mol. The van der Waals surface area contributed by atoms with Crippen LogP contribution in [0.3, 0.4) is 0 Å². The monoisotopic (exact) mass is 241 g/mol. The molecule has 8 heteroatoms. The number of hydrogen-bond acceptors (Lipinski definition) is 7. The molecule has 1 heterocycles. The highest BCUT2D eigenvalue weighted by Gasteiger charge is 2.17. The third kappa shape index (κ3) is 4.19. The zero-order valence-electron chi connectivity index (χ0n) is 9.79. The van der Waals surface area contributed by atoms with Crippen molar-refractivity contribution in [3.8, 4) is 5.88 Å². The van der Waals surface area contributed by atoms with Crippen LogP contribution in [0, 0.1) is 10.1 Å². The van der Waals surface area contributed by atoms with Gasteiger partial charge in [0, 0.05) is 6.54 Å². The van der Waals surface area contributed by atoms with Crippen LogP contribution in [0.5, 0.6) is 5.88 Å². The van der Waals surface area contributed by atoms with Crippen molar-refractivity contribution in [3.05, 3.63) is 16.3 Å². The summed E-state index contributed by atoms with van der Waals surface area (Å²) in [5.74, 6) is -0.125. The molecule has 0 bridgehead atoms. The SMILES string of the molecule is CN(C)CCCOc1nc(N)ncc1[N+](=O)[O-]. The number of rotatable bonds is 6. The number of hydrogen-bond donors (Lipinski definition) is 1. The predicted octanol–water partition coefficient (Wildman–Crippen LogP) is 0.297. The molecule has 0 amide bonds. The summed E-state index contributed by atoms with van der Waals surface area (Å²) in [5, 5.41) is 10.7. The van der Waals surface area contributed by atoms with Crippen molar-refractivity contribution in [2.45, 2.75) is 6.42 Å². The minimum absolute atomic E-state index is 0.0433. The highest BCUT2D eigenvalue weighted by atomic mass is 16.6. The van der Waals surface area contributed by atoms with Gasteiger partial charge in [-0.1, -0.05) is 0 Å². The van der Waals surface area contributed by atoms with E-state index in [0.717, 1.165) is 19.2 Å².